The van der Waals surface area contributed by atoms with Crippen LogP contribution in [0.1, 0.15) is 10.4 Å². The van der Waals surface area contributed by atoms with Gasteiger partial charge in [0.05, 0.1) is 12.7 Å². The molecular weight excluding hydrogens is 260 g/mol. The van der Waals surface area contributed by atoms with Gasteiger partial charge in [0.15, 0.2) is 11.5 Å². The van der Waals surface area contributed by atoms with Crippen LogP contribution in [0.3, 0.4) is 0 Å². The van der Waals surface area contributed by atoms with Crippen LogP contribution >= 0.6 is 0 Å². The maximum atomic E-state index is 11.1. The highest BCUT2D eigenvalue weighted by atomic mass is 16.7. The fourth-order valence-electron chi connectivity index (χ4n) is 2.13. The standard InChI is InChI=1S/C15H12O5/c1-18-12-4-3-10(15(16)17)6-11(12)9-2-5-13-14(7-9)20-8-19-13/h2-7H,8H2,1H3,(H,16,17). The minimum Gasteiger partial charge on any atom is -0.496 e. The van der Waals surface area contributed by atoms with E-state index in [1.165, 1.54) is 6.07 Å². The van der Waals surface area contributed by atoms with Crippen molar-refractivity contribution in [2.75, 3.05) is 13.9 Å². The fourth-order valence-corrected chi connectivity index (χ4v) is 2.13. The lowest BCUT2D eigenvalue weighted by Crippen LogP contribution is -1.98. The highest BCUT2D eigenvalue weighted by Crippen LogP contribution is 2.38. The zero-order valence-corrected chi connectivity index (χ0v) is 10.8. The van der Waals surface area contributed by atoms with Crippen LogP contribution in [0.15, 0.2) is 36.4 Å². The number of aromatic carboxylic acids is 1. The van der Waals surface area contributed by atoms with Gasteiger partial charge in [0.25, 0.3) is 0 Å². The molecule has 20 heavy (non-hydrogen) atoms. The molecule has 1 aliphatic heterocycles. The molecule has 5 heteroatoms. The molecule has 0 spiro atoms. The Morgan fingerprint density at radius 1 is 1.15 bits per heavy atom. The van der Waals surface area contributed by atoms with Crippen LogP contribution in [0, 0.1) is 0 Å². The molecule has 102 valence electrons. The quantitative estimate of drug-likeness (QED) is 0.930. The number of benzene rings is 2. The summed E-state index contributed by atoms with van der Waals surface area (Å²) in [5.74, 6) is 0.955. The Morgan fingerprint density at radius 3 is 2.70 bits per heavy atom. The molecule has 0 fully saturated rings. The summed E-state index contributed by atoms with van der Waals surface area (Å²) in [5, 5.41) is 9.09. The van der Waals surface area contributed by atoms with E-state index in [1.807, 2.05) is 12.1 Å². The summed E-state index contributed by atoms with van der Waals surface area (Å²) in [5.41, 5.74) is 1.72. The first-order chi connectivity index (χ1) is 9.69. The molecule has 3 rings (SSSR count). The van der Waals surface area contributed by atoms with E-state index in [2.05, 4.69) is 0 Å². The Bertz CT molecular complexity index is 678. The lowest BCUT2D eigenvalue weighted by molar-refractivity contribution is 0.0697. The van der Waals surface area contributed by atoms with Crippen LogP contribution < -0.4 is 14.2 Å². The molecule has 0 unspecified atom stereocenters. The second kappa shape index (κ2) is 4.77. The highest BCUT2D eigenvalue weighted by molar-refractivity contribution is 5.90. The Hall–Kier alpha value is -2.69. The van der Waals surface area contributed by atoms with Gasteiger partial charge in [0.2, 0.25) is 6.79 Å². The molecule has 1 heterocycles. The number of hydrogen-bond acceptors (Lipinski definition) is 4. The van der Waals surface area contributed by atoms with Crippen molar-refractivity contribution < 1.29 is 24.1 Å². The second-order valence-electron chi connectivity index (χ2n) is 4.29. The Labute approximate surface area is 115 Å². The van der Waals surface area contributed by atoms with Crippen LogP contribution in [0.2, 0.25) is 0 Å². The van der Waals surface area contributed by atoms with Crippen molar-refractivity contribution in [1.29, 1.82) is 0 Å². The molecular formula is C15H12O5. The van der Waals surface area contributed by atoms with Crippen LogP contribution in [0.4, 0.5) is 0 Å². The number of rotatable bonds is 3. The van der Waals surface area contributed by atoms with Gasteiger partial charge >= 0.3 is 5.97 Å². The van der Waals surface area contributed by atoms with E-state index < -0.39 is 5.97 Å². The molecule has 2 aromatic rings. The molecule has 0 saturated carbocycles. The molecule has 5 nitrogen and oxygen atoms in total. The van der Waals surface area contributed by atoms with E-state index in [1.54, 1.807) is 25.3 Å². The van der Waals surface area contributed by atoms with Crippen molar-refractivity contribution in [1.82, 2.24) is 0 Å². The smallest absolute Gasteiger partial charge is 0.335 e. The lowest BCUT2D eigenvalue weighted by atomic mass is 10.0. The number of carboxylic acid groups (broad SMARTS) is 1. The summed E-state index contributed by atoms with van der Waals surface area (Å²) in [6, 6.07) is 10.2. The Kier molecular flexibility index (Phi) is 2.95. The lowest BCUT2D eigenvalue weighted by Gasteiger charge is -2.10. The first-order valence-corrected chi connectivity index (χ1v) is 6.00. The predicted molar refractivity (Wildman–Crippen MR) is 71.5 cm³/mol. The molecule has 0 amide bonds. The maximum Gasteiger partial charge on any atom is 0.335 e. The zero-order chi connectivity index (χ0) is 14.1. The average molecular weight is 272 g/mol. The van der Waals surface area contributed by atoms with Gasteiger partial charge in [-0.05, 0) is 35.9 Å². The van der Waals surface area contributed by atoms with E-state index in [9.17, 15) is 4.79 Å². The summed E-state index contributed by atoms with van der Waals surface area (Å²) >= 11 is 0. The van der Waals surface area contributed by atoms with Gasteiger partial charge in [-0.15, -0.1) is 0 Å². The molecule has 0 saturated heterocycles. The Morgan fingerprint density at radius 2 is 1.95 bits per heavy atom. The molecule has 1 aliphatic rings. The molecule has 0 bridgehead atoms. The number of carbonyl (C=O) groups is 1. The van der Waals surface area contributed by atoms with Gasteiger partial charge in [-0.25, -0.2) is 4.79 Å². The minimum absolute atomic E-state index is 0.199. The number of carboxylic acids is 1. The summed E-state index contributed by atoms with van der Waals surface area (Å²) in [6.45, 7) is 0.199. The average Bonchev–Trinajstić information content (AvgIpc) is 2.93. The Balaban J connectivity index is 2.12. The van der Waals surface area contributed by atoms with E-state index >= 15 is 0 Å². The maximum absolute atomic E-state index is 11.1. The molecule has 2 aromatic carbocycles. The van der Waals surface area contributed by atoms with Gasteiger partial charge in [0, 0.05) is 5.56 Å². The number of hydrogen-bond donors (Lipinski definition) is 1. The van der Waals surface area contributed by atoms with Crippen molar-refractivity contribution in [3.05, 3.63) is 42.0 Å². The van der Waals surface area contributed by atoms with Gasteiger partial charge < -0.3 is 19.3 Å². The third-order valence-corrected chi connectivity index (χ3v) is 3.13. The first-order valence-electron chi connectivity index (χ1n) is 6.00. The van der Waals surface area contributed by atoms with Crippen LogP contribution in [0.5, 0.6) is 17.2 Å². The van der Waals surface area contributed by atoms with Crippen LogP contribution in [0.25, 0.3) is 11.1 Å². The molecule has 0 radical (unpaired) electrons. The second-order valence-corrected chi connectivity index (χ2v) is 4.29. The molecule has 0 atom stereocenters. The third-order valence-electron chi connectivity index (χ3n) is 3.13. The third kappa shape index (κ3) is 2.03. The van der Waals surface area contributed by atoms with E-state index in [0.717, 1.165) is 5.56 Å². The number of fused-ring (bicyclic) bond motifs is 1. The van der Waals surface area contributed by atoms with Crippen molar-refractivity contribution >= 4 is 5.97 Å². The van der Waals surface area contributed by atoms with Gasteiger partial charge in [0.1, 0.15) is 5.75 Å². The van der Waals surface area contributed by atoms with Gasteiger partial charge in [-0.3, -0.25) is 0 Å². The molecule has 1 N–H and O–H groups in total. The van der Waals surface area contributed by atoms with Crippen molar-refractivity contribution in [3.8, 4) is 28.4 Å². The van der Waals surface area contributed by atoms with Crippen molar-refractivity contribution in [2.45, 2.75) is 0 Å². The minimum atomic E-state index is -0.977. The largest absolute Gasteiger partial charge is 0.496 e. The fraction of sp³-hybridized carbons (Fsp3) is 0.133. The van der Waals surface area contributed by atoms with Crippen LogP contribution in [-0.2, 0) is 0 Å². The molecule has 0 aromatic heterocycles. The van der Waals surface area contributed by atoms with E-state index in [4.69, 9.17) is 19.3 Å². The number of ether oxygens (including phenoxy) is 3. The van der Waals surface area contributed by atoms with Gasteiger partial charge in [-0.1, -0.05) is 6.07 Å². The number of methoxy groups -OCH3 is 1. The highest BCUT2D eigenvalue weighted by Gasteiger charge is 2.16. The summed E-state index contributed by atoms with van der Waals surface area (Å²) in [6.07, 6.45) is 0. The van der Waals surface area contributed by atoms with E-state index in [-0.39, 0.29) is 12.4 Å². The summed E-state index contributed by atoms with van der Waals surface area (Å²) < 4.78 is 15.9. The molecule has 0 aliphatic carbocycles. The van der Waals surface area contributed by atoms with Crippen molar-refractivity contribution in [2.24, 2.45) is 0 Å². The predicted octanol–water partition coefficient (Wildman–Crippen LogP) is 2.79. The zero-order valence-electron chi connectivity index (χ0n) is 10.8. The van der Waals surface area contributed by atoms with E-state index in [0.29, 0.717) is 22.8 Å². The topological polar surface area (TPSA) is 65.0 Å². The van der Waals surface area contributed by atoms with Crippen molar-refractivity contribution in [3.63, 3.8) is 0 Å². The summed E-state index contributed by atoms with van der Waals surface area (Å²) in [7, 11) is 1.55. The first kappa shape index (κ1) is 12.3. The monoisotopic (exact) mass is 272 g/mol. The SMILES string of the molecule is COc1ccc(C(=O)O)cc1-c1ccc2c(c1)OCO2. The van der Waals surface area contributed by atoms with Gasteiger partial charge in [-0.2, -0.15) is 0 Å². The normalized spacial score (nSPS) is 12.2. The van der Waals surface area contributed by atoms with Crippen LogP contribution in [-0.4, -0.2) is 25.0 Å². The summed E-state index contributed by atoms with van der Waals surface area (Å²) in [4.78, 5) is 11.1.